The van der Waals surface area contributed by atoms with E-state index in [0.717, 1.165) is 22.6 Å². The zero-order chi connectivity index (χ0) is 15.9. The third-order valence-corrected chi connectivity index (χ3v) is 3.69. The van der Waals surface area contributed by atoms with Crippen molar-refractivity contribution in [1.82, 2.24) is 0 Å². The lowest BCUT2D eigenvalue weighted by Crippen LogP contribution is -2.05. The quantitative estimate of drug-likeness (QED) is 0.773. The number of rotatable bonds is 6. The van der Waals surface area contributed by atoms with E-state index in [1.54, 1.807) is 13.2 Å². The normalized spacial score (nSPS) is 11.5. The van der Waals surface area contributed by atoms with Crippen LogP contribution in [0.15, 0.2) is 42.5 Å². The van der Waals surface area contributed by atoms with E-state index in [-0.39, 0.29) is 5.92 Å². The maximum atomic E-state index is 9.37. The van der Waals surface area contributed by atoms with E-state index in [4.69, 9.17) is 21.1 Å². The first-order valence-electron chi connectivity index (χ1n) is 7.06. The molecule has 0 amide bonds. The average Bonchev–Trinajstić information content (AvgIpc) is 2.53. The van der Waals surface area contributed by atoms with Gasteiger partial charge >= 0.3 is 0 Å². The van der Waals surface area contributed by atoms with Crippen molar-refractivity contribution < 1.29 is 9.47 Å². The molecule has 2 aromatic carbocycles. The summed E-state index contributed by atoms with van der Waals surface area (Å²) >= 11 is 5.92. The van der Waals surface area contributed by atoms with E-state index in [0.29, 0.717) is 18.1 Å². The Labute approximate surface area is 136 Å². The molecule has 114 valence electrons. The second-order valence-electron chi connectivity index (χ2n) is 5.01. The van der Waals surface area contributed by atoms with E-state index in [2.05, 4.69) is 6.07 Å². The fourth-order valence-electron chi connectivity index (χ4n) is 2.23. The summed E-state index contributed by atoms with van der Waals surface area (Å²) in [6.45, 7) is 2.42. The Balaban J connectivity index is 1.98. The minimum atomic E-state index is -0.220. The molecule has 0 fully saturated rings. The van der Waals surface area contributed by atoms with Gasteiger partial charge in [-0.15, -0.1) is 0 Å². The number of methoxy groups -OCH3 is 1. The highest BCUT2D eigenvalue weighted by Gasteiger charge is 2.12. The molecule has 0 radical (unpaired) electrons. The second kappa shape index (κ2) is 7.72. The lowest BCUT2D eigenvalue weighted by atomic mass is 9.97. The number of nitriles is 1. The van der Waals surface area contributed by atoms with Gasteiger partial charge in [0.05, 0.1) is 25.7 Å². The van der Waals surface area contributed by atoms with Gasteiger partial charge in [0.15, 0.2) is 0 Å². The third kappa shape index (κ3) is 4.16. The number of aryl methyl sites for hydroxylation is 1. The minimum Gasteiger partial charge on any atom is -0.497 e. The van der Waals surface area contributed by atoms with Crippen LogP contribution in [0.1, 0.15) is 23.5 Å². The van der Waals surface area contributed by atoms with Crippen LogP contribution in [-0.4, -0.2) is 13.7 Å². The molecule has 0 saturated carbocycles. The van der Waals surface area contributed by atoms with Crippen molar-refractivity contribution in [2.45, 2.75) is 19.3 Å². The Morgan fingerprint density at radius 1 is 1.23 bits per heavy atom. The van der Waals surface area contributed by atoms with Crippen molar-refractivity contribution in [2.24, 2.45) is 0 Å². The Morgan fingerprint density at radius 3 is 2.73 bits per heavy atom. The van der Waals surface area contributed by atoms with Crippen LogP contribution in [0.5, 0.6) is 11.5 Å². The summed E-state index contributed by atoms with van der Waals surface area (Å²) in [7, 11) is 1.62. The summed E-state index contributed by atoms with van der Waals surface area (Å²) in [5.74, 6) is 1.33. The molecule has 0 N–H and O–H groups in total. The van der Waals surface area contributed by atoms with Gasteiger partial charge < -0.3 is 9.47 Å². The molecule has 0 aliphatic rings. The Kier molecular flexibility index (Phi) is 5.68. The Bertz CT molecular complexity index is 679. The van der Waals surface area contributed by atoms with Crippen LogP contribution in [0.4, 0.5) is 0 Å². The van der Waals surface area contributed by atoms with Gasteiger partial charge in [-0.25, -0.2) is 0 Å². The van der Waals surface area contributed by atoms with Gasteiger partial charge in [0.1, 0.15) is 11.5 Å². The van der Waals surface area contributed by atoms with Gasteiger partial charge in [0, 0.05) is 11.4 Å². The van der Waals surface area contributed by atoms with Crippen molar-refractivity contribution in [3.8, 4) is 17.6 Å². The molecule has 0 aliphatic heterocycles. The highest BCUT2D eigenvalue weighted by atomic mass is 35.5. The molecule has 0 heterocycles. The van der Waals surface area contributed by atoms with Crippen molar-refractivity contribution in [3.05, 3.63) is 58.6 Å². The van der Waals surface area contributed by atoms with Gasteiger partial charge in [0.25, 0.3) is 0 Å². The molecule has 0 aliphatic carbocycles. The number of halogens is 1. The summed E-state index contributed by atoms with van der Waals surface area (Å²) in [5.41, 5.74) is 1.93. The SMILES string of the molecule is COc1cccc(C(C#N)CCOc2ccc(Cl)cc2C)c1. The fraction of sp³-hybridized carbons (Fsp3) is 0.278. The summed E-state index contributed by atoms with van der Waals surface area (Å²) in [4.78, 5) is 0. The van der Waals surface area contributed by atoms with E-state index in [1.165, 1.54) is 0 Å². The molecule has 4 heteroatoms. The summed E-state index contributed by atoms with van der Waals surface area (Å²) in [6, 6.07) is 15.4. The molecule has 0 spiro atoms. The molecular formula is C18H18ClNO2. The van der Waals surface area contributed by atoms with Crippen LogP contribution in [0.2, 0.25) is 5.02 Å². The lowest BCUT2D eigenvalue weighted by molar-refractivity contribution is 0.304. The van der Waals surface area contributed by atoms with Crippen molar-refractivity contribution >= 4 is 11.6 Å². The zero-order valence-corrected chi connectivity index (χ0v) is 13.4. The number of nitrogens with zero attached hydrogens (tertiary/aromatic N) is 1. The first-order chi connectivity index (χ1) is 10.6. The van der Waals surface area contributed by atoms with Gasteiger partial charge in [0.2, 0.25) is 0 Å². The van der Waals surface area contributed by atoms with Crippen molar-refractivity contribution in [2.75, 3.05) is 13.7 Å². The van der Waals surface area contributed by atoms with E-state index < -0.39 is 0 Å². The van der Waals surface area contributed by atoms with E-state index in [9.17, 15) is 5.26 Å². The highest BCUT2D eigenvalue weighted by molar-refractivity contribution is 6.30. The van der Waals surface area contributed by atoms with Crippen molar-refractivity contribution in [1.29, 1.82) is 5.26 Å². The van der Waals surface area contributed by atoms with Crippen LogP contribution < -0.4 is 9.47 Å². The van der Waals surface area contributed by atoms with Gasteiger partial charge in [-0.1, -0.05) is 23.7 Å². The van der Waals surface area contributed by atoms with Gasteiger partial charge in [-0.05, 0) is 48.4 Å². The molecule has 2 aromatic rings. The third-order valence-electron chi connectivity index (χ3n) is 3.45. The first kappa shape index (κ1) is 16.2. The summed E-state index contributed by atoms with van der Waals surface area (Å²) in [5, 5.41) is 10.1. The lowest BCUT2D eigenvalue weighted by Gasteiger charge is -2.13. The maximum absolute atomic E-state index is 9.37. The topological polar surface area (TPSA) is 42.2 Å². The molecular weight excluding hydrogens is 298 g/mol. The molecule has 2 rings (SSSR count). The molecule has 1 atom stereocenters. The van der Waals surface area contributed by atoms with Crippen LogP contribution >= 0.6 is 11.6 Å². The minimum absolute atomic E-state index is 0.220. The Morgan fingerprint density at radius 2 is 2.05 bits per heavy atom. The predicted octanol–water partition coefficient (Wildman–Crippen LogP) is 4.73. The zero-order valence-electron chi connectivity index (χ0n) is 12.7. The van der Waals surface area contributed by atoms with Crippen LogP contribution in [0, 0.1) is 18.3 Å². The number of benzene rings is 2. The van der Waals surface area contributed by atoms with E-state index in [1.807, 2.05) is 43.3 Å². The molecule has 1 unspecified atom stereocenters. The number of ether oxygens (including phenoxy) is 2. The highest BCUT2D eigenvalue weighted by Crippen LogP contribution is 2.25. The van der Waals surface area contributed by atoms with Crippen LogP contribution in [-0.2, 0) is 0 Å². The molecule has 0 aromatic heterocycles. The molecule has 3 nitrogen and oxygen atoms in total. The summed E-state index contributed by atoms with van der Waals surface area (Å²) < 4.78 is 11.0. The van der Waals surface area contributed by atoms with Gasteiger partial charge in [-0.3, -0.25) is 0 Å². The predicted molar refractivity (Wildman–Crippen MR) is 87.6 cm³/mol. The smallest absolute Gasteiger partial charge is 0.122 e. The standard InChI is InChI=1S/C18H18ClNO2/c1-13-10-16(19)6-7-18(13)22-9-8-15(12-20)14-4-3-5-17(11-14)21-2/h3-7,10-11,15H,8-9H2,1-2H3. The number of hydrogen-bond acceptors (Lipinski definition) is 3. The van der Waals surface area contributed by atoms with E-state index >= 15 is 0 Å². The largest absolute Gasteiger partial charge is 0.497 e. The van der Waals surface area contributed by atoms with Crippen LogP contribution in [0.3, 0.4) is 0 Å². The van der Waals surface area contributed by atoms with Gasteiger partial charge in [-0.2, -0.15) is 5.26 Å². The van der Waals surface area contributed by atoms with Crippen LogP contribution in [0.25, 0.3) is 0 Å². The second-order valence-corrected chi connectivity index (χ2v) is 5.44. The Hall–Kier alpha value is -2.18. The fourth-order valence-corrected chi connectivity index (χ4v) is 2.45. The first-order valence-corrected chi connectivity index (χ1v) is 7.44. The summed E-state index contributed by atoms with van der Waals surface area (Å²) in [6.07, 6.45) is 0.617. The molecule has 22 heavy (non-hydrogen) atoms. The maximum Gasteiger partial charge on any atom is 0.122 e. The molecule has 0 bridgehead atoms. The molecule has 0 saturated heterocycles. The van der Waals surface area contributed by atoms with Crippen molar-refractivity contribution in [3.63, 3.8) is 0 Å². The average molecular weight is 316 g/mol. The number of hydrogen-bond donors (Lipinski definition) is 0. The monoisotopic (exact) mass is 315 g/mol.